The lowest BCUT2D eigenvalue weighted by Gasteiger charge is -2.21. The third-order valence-electron chi connectivity index (χ3n) is 10.1. The summed E-state index contributed by atoms with van der Waals surface area (Å²) in [5.74, 6) is 0.924. The Morgan fingerprint density at radius 1 is 0.729 bits per heavy atom. The number of hydrogen-bond donors (Lipinski definition) is 1. The zero-order chi connectivity index (χ0) is 42.1. The van der Waals surface area contributed by atoms with E-state index >= 15 is 0 Å². The molecule has 0 radical (unpaired) electrons. The normalized spacial score (nSPS) is 17.1. The van der Waals surface area contributed by atoms with Gasteiger partial charge in [-0.05, 0) is 87.2 Å². The van der Waals surface area contributed by atoms with Gasteiger partial charge in [-0.3, -0.25) is 10.1 Å². The predicted molar refractivity (Wildman–Crippen MR) is 214 cm³/mol. The predicted octanol–water partition coefficient (Wildman–Crippen LogP) is 4.93. The molecule has 2 heterocycles. The molecule has 17 nitrogen and oxygen atoms in total. The Balaban J connectivity index is 1.09. The standard InChI is InChI=1S/C42H55N3O14/c1-51-35-22-30(23-36(52-2)39(35)53-3)41(47)55-20-6-16-43-14-5-15-44(19-18-43)17-7-21-56-42(48)31-24-37(57-27-29-8-10-32(11-9-29)45(49)50)40(54-4)38(25-31)58-28-34-13-12-33(26-46)59-34/h8-11,22-25,33-34,46H,5-7,12-21,26-28H2,1-4H3/t33-,34?/m0/s1. The molecule has 2 saturated heterocycles. The van der Waals surface area contributed by atoms with Crippen LogP contribution in [0.25, 0.3) is 0 Å². The number of aliphatic hydroxyl groups excluding tert-OH is 1. The van der Waals surface area contributed by atoms with E-state index in [2.05, 4.69) is 9.80 Å². The van der Waals surface area contributed by atoms with Gasteiger partial charge < -0.3 is 57.5 Å². The number of non-ortho nitro benzene ring substituents is 1. The molecule has 5 rings (SSSR count). The van der Waals surface area contributed by atoms with Crippen molar-refractivity contribution >= 4 is 17.6 Å². The molecule has 0 saturated carbocycles. The van der Waals surface area contributed by atoms with Gasteiger partial charge in [-0.25, -0.2) is 9.59 Å². The summed E-state index contributed by atoms with van der Waals surface area (Å²) in [5.41, 5.74) is 1.16. The van der Waals surface area contributed by atoms with Crippen molar-refractivity contribution in [1.29, 1.82) is 0 Å². The van der Waals surface area contributed by atoms with Gasteiger partial charge in [0.1, 0.15) is 13.2 Å². The lowest BCUT2D eigenvalue weighted by Crippen LogP contribution is -2.32. The number of nitro groups is 1. The first-order chi connectivity index (χ1) is 28.7. The van der Waals surface area contributed by atoms with Gasteiger partial charge in [0.25, 0.3) is 5.69 Å². The van der Waals surface area contributed by atoms with Crippen LogP contribution in [0.5, 0.6) is 34.5 Å². The number of methoxy groups -OCH3 is 4. The van der Waals surface area contributed by atoms with E-state index < -0.39 is 16.9 Å². The van der Waals surface area contributed by atoms with Gasteiger partial charge in [-0.1, -0.05) is 0 Å². The third-order valence-corrected chi connectivity index (χ3v) is 10.1. The van der Waals surface area contributed by atoms with Crippen LogP contribution < -0.4 is 28.4 Å². The van der Waals surface area contributed by atoms with E-state index in [0.29, 0.717) is 54.1 Å². The summed E-state index contributed by atoms with van der Waals surface area (Å²) in [7, 11) is 5.95. The van der Waals surface area contributed by atoms with Gasteiger partial charge in [0, 0.05) is 38.3 Å². The highest BCUT2D eigenvalue weighted by molar-refractivity contribution is 5.91. The average molecular weight is 826 g/mol. The Bertz CT molecular complexity index is 1820. The number of carbonyl (C=O) groups is 2. The molecule has 1 unspecified atom stereocenters. The van der Waals surface area contributed by atoms with E-state index in [4.69, 9.17) is 42.6 Å². The zero-order valence-electron chi connectivity index (χ0n) is 34.2. The van der Waals surface area contributed by atoms with Crippen LogP contribution in [-0.4, -0.2) is 138 Å². The number of nitro benzene ring substituents is 1. The van der Waals surface area contributed by atoms with Crippen molar-refractivity contribution in [3.63, 3.8) is 0 Å². The summed E-state index contributed by atoms with van der Waals surface area (Å²) in [6.07, 6.45) is 3.25. The van der Waals surface area contributed by atoms with E-state index in [1.165, 1.54) is 46.6 Å². The fourth-order valence-electron chi connectivity index (χ4n) is 6.95. The van der Waals surface area contributed by atoms with Crippen LogP contribution in [0.15, 0.2) is 48.5 Å². The number of ether oxygens (including phenoxy) is 9. The topological polar surface area (TPSA) is 187 Å². The van der Waals surface area contributed by atoms with E-state index in [-0.39, 0.29) is 73.7 Å². The molecule has 322 valence electrons. The fourth-order valence-corrected chi connectivity index (χ4v) is 6.95. The Labute approximate surface area is 344 Å². The van der Waals surface area contributed by atoms with Crippen LogP contribution in [0.1, 0.15) is 58.4 Å². The highest BCUT2D eigenvalue weighted by Crippen LogP contribution is 2.40. The molecule has 0 bridgehead atoms. The van der Waals surface area contributed by atoms with Crippen LogP contribution in [-0.2, 0) is 20.8 Å². The molecular weight excluding hydrogens is 770 g/mol. The molecule has 3 aromatic carbocycles. The molecule has 0 amide bonds. The van der Waals surface area contributed by atoms with Crippen LogP contribution in [0.4, 0.5) is 5.69 Å². The first-order valence-corrected chi connectivity index (χ1v) is 19.7. The van der Waals surface area contributed by atoms with E-state index in [1.54, 1.807) is 30.3 Å². The van der Waals surface area contributed by atoms with Gasteiger partial charge in [-0.15, -0.1) is 0 Å². The number of aliphatic hydroxyl groups is 1. The molecule has 0 aliphatic carbocycles. The van der Waals surface area contributed by atoms with Gasteiger partial charge in [0.2, 0.25) is 11.5 Å². The number of rotatable bonds is 22. The van der Waals surface area contributed by atoms with Crippen molar-refractivity contribution in [2.24, 2.45) is 0 Å². The number of carbonyl (C=O) groups excluding carboxylic acids is 2. The molecule has 2 aliphatic heterocycles. The minimum Gasteiger partial charge on any atom is -0.493 e. The van der Waals surface area contributed by atoms with Crippen LogP contribution in [0.2, 0.25) is 0 Å². The first kappa shape index (κ1) is 44.7. The Kier molecular flexibility index (Phi) is 17.2. The maximum Gasteiger partial charge on any atom is 0.338 e. The summed E-state index contributed by atoms with van der Waals surface area (Å²) < 4.78 is 50.9. The molecule has 2 atom stereocenters. The second-order valence-electron chi connectivity index (χ2n) is 14.1. The van der Waals surface area contributed by atoms with E-state index in [1.807, 2.05) is 0 Å². The highest BCUT2D eigenvalue weighted by atomic mass is 16.6. The van der Waals surface area contributed by atoms with Crippen LogP contribution in [0.3, 0.4) is 0 Å². The molecule has 2 fully saturated rings. The second kappa shape index (κ2) is 22.7. The minimum absolute atomic E-state index is 0.0367. The maximum atomic E-state index is 13.4. The quantitative estimate of drug-likeness (QED) is 0.0622. The van der Waals surface area contributed by atoms with Gasteiger partial charge in [0.15, 0.2) is 23.0 Å². The molecule has 59 heavy (non-hydrogen) atoms. The number of nitrogens with zero attached hydrogens (tertiary/aromatic N) is 3. The van der Waals surface area contributed by atoms with Crippen molar-refractivity contribution in [3.8, 4) is 34.5 Å². The average Bonchev–Trinajstić information content (AvgIpc) is 3.61. The second-order valence-corrected chi connectivity index (χ2v) is 14.1. The minimum atomic E-state index is -0.553. The molecule has 3 aromatic rings. The van der Waals surface area contributed by atoms with Crippen molar-refractivity contribution in [2.75, 3.05) is 94.1 Å². The number of esters is 2. The van der Waals surface area contributed by atoms with E-state index in [9.17, 15) is 24.8 Å². The molecule has 2 aliphatic rings. The first-order valence-electron chi connectivity index (χ1n) is 19.7. The SMILES string of the molecule is COc1cc(C(=O)OCCCN2CCCN(CCCOC(=O)c3cc(OCc4ccc([N+](=O)[O-])cc4)c(OC)c(OCC4CC[C@@H](CO)O4)c3)CC2)cc(OC)c1OC. The van der Waals surface area contributed by atoms with Gasteiger partial charge in [0.05, 0.1) is 76.5 Å². The Morgan fingerprint density at radius 2 is 1.24 bits per heavy atom. The largest absolute Gasteiger partial charge is 0.493 e. The third kappa shape index (κ3) is 12.8. The summed E-state index contributed by atoms with van der Waals surface area (Å²) in [6.45, 7) is 5.74. The smallest absolute Gasteiger partial charge is 0.338 e. The van der Waals surface area contributed by atoms with Crippen LogP contribution in [0, 0.1) is 10.1 Å². The number of benzene rings is 3. The van der Waals surface area contributed by atoms with E-state index in [0.717, 1.165) is 45.7 Å². The van der Waals surface area contributed by atoms with Crippen molar-refractivity contribution in [1.82, 2.24) is 9.80 Å². The highest BCUT2D eigenvalue weighted by Gasteiger charge is 2.27. The molecule has 0 spiro atoms. The Hall–Kier alpha value is -5.36. The molecule has 1 N–H and O–H groups in total. The Morgan fingerprint density at radius 3 is 1.73 bits per heavy atom. The van der Waals surface area contributed by atoms with Crippen molar-refractivity contribution in [3.05, 3.63) is 75.3 Å². The van der Waals surface area contributed by atoms with Gasteiger partial charge >= 0.3 is 11.9 Å². The molecule has 0 aromatic heterocycles. The van der Waals surface area contributed by atoms with Crippen molar-refractivity contribution < 1.29 is 62.3 Å². The lowest BCUT2D eigenvalue weighted by atomic mass is 10.1. The van der Waals surface area contributed by atoms with Crippen LogP contribution >= 0.6 is 0 Å². The summed E-state index contributed by atoms with van der Waals surface area (Å²) in [6, 6.07) is 12.2. The van der Waals surface area contributed by atoms with Gasteiger partial charge in [-0.2, -0.15) is 0 Å². The monoisotopic (exact) mass is 825 g/mol. The fraction of sp³-hybridized carbons (Fsp3) is 0.524. The molecular formula is C42H55N3O14. The maximum absolute atomic E-state index is 13.4. The summed E-state index contributed by atoms with van der Waals surface area (Å²) in [5, 5.41) is 20.6. The molecule has 17 heteroatoms. The summed E-state index contributed by atoms with van der Waals surface area (Å²) >= 11 is 0. The zero-order valence-corrected chi connectivity index (χ0v) is 34.2. The summed E-state index contributed by atoms with van der Waals surface area (Å²) in [4.78, 5) is 41.5. The lowest BCUT2D eigenvalue weighted by molar-refractivity contribution is -0.384. The number of hydrogen-bond acceptors (Lipinski definition) is 16. The van der Waals surface area contributed by atoms with Crippen molar-refractivity contribution in [2.45, 2.75) is 50.9 Å².